The van der Waals surface area contributed by atoms with Crippen molar-refractivity contribution in [3.8, 4) is 0 Å². The number of hydrogen-bond donors (Lipinski definition) is 0. The molecule has 0 saturated carbocycles. The Morgan fingerprint density at radius 3 is 2.40 bits per heavy atom. The minimum Gasteiger partial charge on any atom is -0.453 e. The number of carbonyl (C=O) groups is 1. The molecule has 0 aromatic carbocycles. The van der Waals surface area contributed by atoms with Crippen LogP contribution in [-0.2, 0) is 4.74 Å². The van der Waals surface area contributed by atoms with Gasteiger partial charge in [0.05, 0.1) is 7.11 Å². The third kappa shape index (κ3) is 3.64. The van der Waals surface area contributed by atoms with E-state index in [0.29, 0.717) is 6.04 Å². The molecule has 2 aliphatic rings. The number of likely N-dealkylation sites (tertiary alicyclic amines) is 1. The van der Waals surface area contributed by atoms with Gasteiger partial charge in [-0.05, 0) is 52.7 Å². The lowest BCUT2D eigenvalue weighted by atomic mass is 9.95. The smallest absolute Gasteiger partial charge is 0.409 e. The fourth-order valence-corrected chi connectivity index (χ4v) is 3.40. The van der Waals surface area contributed by atoms with Gasteiger partial charge in [-0.15, -0.1) is 0 Å². The topological polar surface area (TPSA) is 36.0 Å². The molecule has 1 amide bonds. The Labute approximate surface area is 122 Å². The molecule has 0 aromatic heterocycles. The van der Waals surface area contributed by atoms with Gasteiger partial charge in [-0.3, -0.25) is 4.90 Å². The molecule has 2 heterocycles. The molecule has 2 aliphatic heterocycles. The SMILES string of the molecule is COC(=O)N1C[C@H](C)N(CC2CCN(C)CC2)C[C@H]1C. The molecule has 0 unspecified atom stereocenters. The summed E-state index contributed by atoms with van der Waals surface area (Å²) in [7, 11) is 3.67. The monoisotopic (exact) mass is 283 g/mol. The highest BCUT2D eigenvalue weighted by molar-refractivity contribution is 5.68. The number of piperidine rings is 1. The second-order valence-corrected chi connectivity index (χ2v) is 6.52. The summed E-state index contributed by atoms with van der Waals surface area (Å²) in [6, 6.07) is 0.662. The standard InChI is InChI=1S/C15H29N3O2/c1-12-10-18(15(19)20-4)13(2)9-17(12)11-14-5-7-16(3)8-6-14/h12-14H,5-11H2,1-4H3/t12-,13+/m0/s1. The van der Waals surface area contributed by atoms with Crippen LogP contribution in [0.1, 0.15) is 26.7 Å². The van der Waals surface area contributed by atoms with Gasteiger partial charge in [0, 0.05) is 31.7 Å². The number of carbonyl (C=O) groups excluding carboxylic acids is 1. The quantitative estimate of drug-likeness (QED) is 0.769. The first kappa shape index (κ1) is 15.6. The van der Waals surface area contributed by atoms with Gasteiger partial charge in [0.2, 0.25) is 0 Å². The van der Waals surface area contributed by atoms with E-state index < -0.39 is 0 Å². The lowest BCUT2D eigenvalue weighted by molar-refractivity contribution is 0.0237. The van der Waals surface area contributed by atoms with Gasteiger partial charge in [0.15, 0.2) is 0 Å². The van der Waals surface area contributed by atoms with Crippen molar-refractivity contribution in [2.45, 2.75) is 38.8 Å². The van der Waals surface area contributed by atoms with Crippen LogP contribution in [0.3, 0.4) is 0 Å². The number of ether oxygens (including phenoxy) is 1. The minimum atomic E-state index is -0.191. The van der Waals surface area contributed by atoms with E-state index in [1.807, 2.05) is 4.90 Å². The Kier molecular flexibility index (Phi) is 5.27. The molecule has 2 fully saturated rings. The summed E-state index contributed by atoms with van der Waals surface area (Å²) in [5.74, 6) is 0.811. The molecule has 0 aliphatic carbocycles. The molecule has 2 rings (SSSR count). The zero-order valence-corrected chi connectivity index (χ0v) is 13.3. The Bertz CT molecular complexity index is 329. The molecule has 0 aromatic rings. The maximum absolute atomic E-state index is 11.7. The molecule has 2 saturated heterocycles. The summed E-state index contributed by atoms with van der Waals surface area (Å²) in [6.07, 6.45) is 2.41. The number of nitrogens with zero attached hydrogens (tertiary/aromatic N) is 3. The van der Waals surface area contributed by atoms with Crippen molar-refractivity contribution in [2.24, 2.45) is 5.92 Å². The normalized spacial score (nSPS) is 30.5. The zero-order chi connectivity index (χ0) is 14.7. The van der Waals surface area contributed by atoms with E-state index >= 15 is 0 Å². The van der Waals surface area contributed by atoms with Crippen LogP contribution in [0.15, 0.2) is 0 Å². The van der Waals surface area contributed by atoms with Crippen molar-refractivity contribution in [1.82, 2.24) is 14.7 Å². The van der Waals surface area contributed by atoms with Crippen LogP contribution in [0.4, 0.5) is 4.79 Å². The Morgan fingerprint density at radius 2 is 1.80 bits per heavy atom. The second-order valence-electron chi connectivity index (χ2n) is 6.52. The van der Waals surface area contributed by atoms with Crippen LogP contribution >= 0.6 is 0 Å². The van der Waals surface area contributed by atoms with Crippen LogP contribution < -0.4 is 0 Å². The van der Waals surface area contributed by atoms with Gasteiger partial charge in [0.25, 0.3) is 0 Å². The second kappa shape index (κ2) is 6.76. The van der Waals surface area contributed by atoms with E-state index in [0.717, 1.165) is 19.0 Å². The van der Waals surface area contributed by atoms with Crippen LogP contribution in [-0.4, -0.2) is 79.8 Å². The predicted octanol–water partition coefficient (Wildman–Crippen LogP) is 1.49. The molecule has 5 nitrogen and oxygen atoms in total. The lowest BCUT2D eigenvalue weighted by Crippen LogP contribution is -2.59. The summed E-state index contributed by atoms with van der Waals surface area (Å²) >= 11 is 0. The first-order valence-electron chi connectivity index (χ1n) is 7.78. The largest absolute Gasteiger partial charge is 0.453 e. The first-order valence-corrected chi connectivity index (χ1v) is 7.78. The molecule has 116 valence electrons. The maximum atomic E-state index is 11.7. The van der Waals surface area contributed by atoms with Gasteiger partial charge in [0.1, 0.15) is 0 Å². The summed E-state index contributed by atoms with van der Waals surface area (Å²) in [6.45, 7) is 9.69. The minimum absolute atomic E-state index is 0.191. The van der Waals surface area contributed by atoms with Gasteiger partial charge in [-0.25, -0.2) is 4.79 Å². The highest BCUT2D eigenvalue weighted by Crippen LogP contribution is 2.22. The fourth-order valence-electron chi connectivity index (χ4n) is 3.40. The number of rotatable bonds is 2. The molecular weight excluding hydrogens is 254 g/mol. The third-order valence-electron chi connectivity index (χ3n) is 4.86. The maximum Gasteiger partial charge on any atom is 0.409 e. The molecule has 0 spiro atoms. The van der Waals surface area contributed by atoms with E-state index in [1.165, 1.54) is 39.6 Å². The summed E-state index contributed by atoms with van der Waals surface area (Å²) in [5.41, 5.74) is 0. The Morgan fingerprint density at radius 1 is 1.15 bits per heavy atom. The average Bonchev–Trinajstić information content (AvgIpc) is 2.44. The van der Waals surface area contributed by atoms with Crippen molar-refractivity contribution in [2.75, 3.05) is 46.9 Å². The molecule has 0 N–H and O–H groups in total. The van der Waals surface area contributed by atoms with Crippen molar-refractivity contribution >= 4 is 6.09 Å². The van der Waals surface area contributed by atoms with Crippen LogP contribution in [0.2, 0.25) is 0 Å². The van der Waals surface area contributed by atoms with Crippen molar-refractivity contribution in [3.63, 3.8) is 0 Å². The summed E-state index contributed by atoms with van der Waals surface area (Å²) < 4.78 is 4.87. The zero-order valence-electron chi connectivity index (χ0n) is 13.3. The number of amides is 1. The van der Waals surface area contributed by atoms with Crippen molar-refractivity contribution < 1.29 is 9.53 Å². The predicted molar refractivity (Wildman–Crippen MR) is 79.8 cm³/mol. The molecule has 0 radical (unpaired) electrons. The van der Waals surface area contributed by atoms with Crippen molar-refractivity contribution in [1.29, 1.82) is 0 Å². The highest BCUT2D eigenvalue weighted by atomic mass is 16.5. The average molecular weight is 283 g/mol. The third-order valence-corrected chi connectivity index (χ3v) is 4.86. The molecule has 5 heteroatoms. The molecule has 2 atom stereocenters. The number of methoxy groups -OCH3 is 1. The summed E-state index contributed by atoms with van der Waals surface area (Å²) in [4.78, 5) is 18.6. The number of piperazine rings is 1. The fraction of sp³-hybridized carbons (Fsp3) is 0.933. The number of hydrogen-bond acceptors (Lipinski definition) is 4. The Hall–Kier alpha value is -0.810. The van der Waals surface area contributed by atoms with Gasteiger partial charge >= 0.3 is 6.09 Å². The first-order chi connectivity index (χ1) is 9.51. The van der Waals surface area contributed by atoms with Gasteiger partial charge in [-0.1, -0.05) is 0 Å². The van der Waals surface area contributed by atoms with Crippen LogP contribution in [0.25, 0.3) is 0 Å². The lowest BCUT2D eigenvalue weighted by Gasteiger charge is -2.45. The van der Waals surface area contributed by atoms with Crippen LogP contribution in [0.5, 0.6) is 0 Å². The molecular formula is C15H29N3O2. The van der Waals surface area contributed by atoms with E-state index in [-0.39, 0.29) is 12.1 Å². The van der Waals surface area contributed by atoms with Gasteiger partial charge in [-0.2, -0.15) is 0 Å². The van der Waals surface area contributed by atoms with Crippen molar-refractivity contribution in [3.05, 3.63) is 0 Å². The Balaban J connectivity index is 1.86. The van der Waals surface area contributed by atoms with E-state index in [9.17, 15) is 4.79 Å². The van der Waals surface area contributed by atoms with Crippen LogP contribution in [0, 0.1) is 5.92 Å². The highest BCUT2D eigenvalue weighted by Gasteiger charge is 2.33. The molecule has 0 bridgehead atoms. The van der Waals surface area contributed by atoms with E-state index in [1.54, 1.807) is 0 Å². The van der Waals surface area contributed by atoms with Gasteiger partial charge < -0.3 is 14.5 Å². The summed E-state index contributed by atoms with van der Waals surface area (Å²) in [5, 5.41) is 0. The van der Waals surface area contributed by atoms with E-state index in [4.69, 9.17) is 4.74 Å². The molecule has 20 heavy (non-hydrogen) atoms. The van der Waals surface area contributed by atoms with E-state index in [2.05, 4.69) is 30.7 Å².